The molecule has 0 aliphatic heterocycles. The van der Waals surface area contributed by atoms with Crippen LogP contribution in [-0.2, 0) is 20.9 Å². The lowest BCUT2D eigenvalue weighted by Crippen LogP contribution is -2.12. The van der Waals surface area contributed by atoms with E-state index in [4.69, 9.17) is 15.3 Å². The van der Waals surface area contributed by atoms with E-state index in [9.17, 15) is 8.42 Å². The van der Waals surface area contributed by atoms with Gasteiger partial charge in [-0.2, -0.15) is 8.42 Å². The van der Waals surface area contributed by atoms with Crippen molar-refractivity contribution < 1.29 is 12.6 Å². The number of rotatable bonds is 7. The van der Waals surface area contributed by atoms with Crippen molar-refractivity contribution in [1.29, 1.82) is 5.41 Å². The van der Waals surface area contributed by atoms with E-state index in [1.165, 1.54) is 0 Å². The van der Waals surface area contributed by atoms with Crippen LogP contribution in [0.5, 0.6) is 0 Å². The first-order valence-electron chi connectivity index (χ1n) is 5.75. The van der Waals surface area contributed by atoms with Crippen molar-refractivity contribution in [3.8, 4) is 0 Å². The molecule has 5 nitrogen and oxygen atoms in total. The summed E-state index contributed by atoms with van der Waals surface area (Å²) in [6.45, 7) is 1.94. The summed E-state index contributed by atoms with van der Waals surface area (Å²) in [5, 5.41) is 7.23. The minimum atomic E-state index is -3.44. The van der Waals surface area contributed by atoms with E-state index in [1.807, 2.05) is 6.92 Å². The number of nitrogens with two attached hydrogens (primary N) is 1. The van der Waals surface area contributed by atoms with Gasteiger partial charge in [-0.1, -0.05) is 37.6 Å². The first-order chi connectivity index (χ1) is 8.44. The van der Waals surface area contributed by atoms with Gasteiger partial charge in [0.05, 0.1) is 12.4 Å². The second kappa shape index (κ2) is 6.51. The first kappa shape index (κ1) is 14.7. The molecule has 0 aliphatic carbocycles. The molecule has 0 aromatic heterocycles. The largest absolute Gasteiger partial charge is 0.384 e. The molecule has 1 aromatic rings. The third-order valence-electron chi connectivity index (χ3n) is 2.42. The smallest absolute Gasteiger partial charge is 0.267 e. The van der Waals surface area contributed by atoms with Gasteiger partial charge in [-0.15, -0.1) is 0 Å². The quantitative estimate of drug-likeness (QED) is 0.447. The Morgan fingerprint density at radius 3 is 2.44 bits per heavy atom. The van der Waals surface area contributed by atoms with Crippen molar-refractivity contribution >= 4 is 16.0 Å². The van der Waals surface area contributed by atoms with Crippen LogP contribution in [0.3, 0.4) is 0 Å². The molecule has 0 radical (unpaired) electrons. The average molecular weight is 270 g/mol. The van der Waals surface area contributed by atoms with Gasteiger partial charge < -0.3 is 5.73 Å². The average Bonchev–Trinajstić information content (AvgIpc) is 2.35. The second-order valence-corrected chi connectivity index (χ2v) is 5.75. The molecule has 0 saturated carbocycles. The SMILES string of the molecule is CCCCS(=O)(=O)OCc1ccc(C(=N)N)cc1. The van der Waals surface area contributed by atoms with Gasteiger partial charge in [0.2, 0.25) is 0 Å². The minimum absolute atomic E-state index is 0.0157. The molecular weight excluding hydrogens is 252 g/mol. The zero-order valence-electron chi connectivity index (χ0n) is 10.3. The van der Waals surface area contributed by atoms with E-state index in [1.54, 1.807) is 24.3 Å². The number of hydrogen-bond acceptors (Lipinski definition) is 4. The van der Waals surface area contributed by atoms with Gasteiger partial charge in [-0.3, -0.25) is 9.59 Å². The van der Waals surface area contributed by atoms with Crippen molar-refractivity contribution in [1.82, 2.24) is 0 Å². The van der Waals surface area contributed by atoms with Crippen molar-refractivity contribution in [2.45, 2.75) is 26.4 Å². The highest BCUT2D eigenvalue weighted by Crippen LogP contribution is 2.08. The molecule has 6 heteroatoms. The standard InChI is InChI=1S/C12H18N2O3S/c1-2-3-8-18(15,16)17-9-10-4-6-11(7-5-10)12(13)14/h4-7H,2-3,8-9H2,1H3,(H3,13,14). The molecule has 1 aromatic carbocycles. The van der Waals surface area contributed by atoms with Crippen LogP contribution in [0, 0.1) is 5.41 Å². The van der Waals surface area contributed by atoms with E-state index < -0.39 is 10.1 Å². The molecule has 0 unspecified atom stereocenters. The number of benzene rings is 1. The summed E-state index contributed by atoms with van der Waals surface area (Å²) in [6.07, 6.45) is 1.42. The maximum absolute atomic E-state index is 11.5. The molecule has 0 fully saturated rings. The van der Waals surface area contributed by atoms with Gasteiger partial charge in [-0.05, 0) is 12.0 Å². The van der Waals surface area contributed by atoms with E-state index >= 15 is 0 Å². The van der Waals surface area contributed by atoms with Crippen LogP contribution in [0.4, 0.5) is 0 Å². The highest BCUT2D eigenvalue weighted by molar-refractivity contribution is 7.86. The summed E-state index contributed by atoms with van der Waals surface area (Å²) in [5.74, 6) is 0.0349. The van der Waals surface area contributed by atoms with Crippen molar-refractivity contribution in [3.05, 3.63) is 35.4 Å². The predicted molar refractivity (Wildman–Crippen MR) is 70.9 cm³/mol. The van der Waals surface area contributed by atoms with Crippen LogP contribution in [0.15, 0.2) is 24.3 Å². The predicted octanol–water partition coefficient (Wildman–Crippen LogP) is 1.62. The molecular formula is C12H18N2O3S. The second-order valence-electron chi connectivity index (χ2n) is 3.99. The van der Waals surface area contributed by atoms with Crippen LogP contribution in [-0.4, -0.2) is 20.0 Å². The summed E-state index contributed by atoms with van der Waals surface area (Å²) in [4.78, 5) is 0. The van der Waals surface area contributed by atoms with E-state index in [0.717, 1.165) is 12.0 Å². The molecule has 0 amide bonds. The third-order valence-corrected chi connectivity index (χ3v) is 3.68. The van der Waals surface area contributed by atoms with Gasteiger partial charge in [0.25, 0.3) is 10.1 Å². The Hall–Kier alpha value is -1.40. The topological polar surface area (TPSA) is 93.2 Å². The summed E-state index contributed by atoms with van der Waals surface area (Å²) in [6, 6.07) is 6.73. The third kappa shape index (κ3) is 4.85. The molecule has 3 N–H and O–H groups in total. The number of unbranched alkanes of at least 4 members (excludes halogenated alkanes) is 1. The van der Waals surface area contributed by atoms with Gasteiger partial charge >= 0.3 is 0 Å². The maximum atomic E-state index is 11.5. The Kier molecular flexibility index (Phi) is 5.30. The van der Waals surface area contributed by atoms with Crippen LogP contribution in [0.2, 0.25) is 0 Å². The zero-order valence-corrected chi connectivity index (χ0v) is 11.2. The summed E-state index contributed by atoms with van der Waals surface area (Å²) < 4.78 is 27.8. The van der Waals surface area contributed by atoms with Crippen molar-refractivity contribution in [2.75, 3.05) is 5.75 Å². The fourth-order valence-corrected chi connectivity index (χ4v) is 2.39. The Morgan fingerprint density at radius 2 is 1.94 bits per heavy atom. The van der Waals surface area contributed by atoms with Crippen LogP contribution >= 0.6 is 0 Å². The molecule has 18 heavy (non-hydrogen) atoms. The molecule has 0 atom stereocenters. The molecule has 0 bridgehead atoms. The molecule has 0 spiro atoms. The lowest BCUT2D eigenvalue weighted by atomic mass is 10.1. The van der Waals surface area contributed by atoms with E-state index in [-0.39, 0.29) is 18.2 Å². The Balaban J connectivity index is 2.56. The minimum Gasteiger partial charge on any atom is -0.384 e. The summed E-state index contributed by atoms with van der Waals surface area (Å²) in [5.41, 5.74) is 6.66. The van der Waals surface area contributed by atoms with Gasteiger partial charge in [0.15, 0.2) is 0 Å². The fraction of sp³-hybridized carbons (Fsp3) is 0.417. The Bertz CT molecular complexity index is 495. The number of amidine groups is 1. The number of hydrogen-bond donors (Lipinski definition) is 2. The zero-order chi connectivity index (χ0) is 13.6. The normalized spacial score (nSPS) is 11.4. The Labute approximate surface area is 108 Å². The van der Waals surface area contributed by atoms with Crippen LogP contribution in [0.25, 0.3) is 0 Å². The Morgan fingerprint density at radius 1 is 1.33 bits per heavy atom. The van der Waals surface area contributed by atoms with E-state index in [2.05, 4.69) is 0 Å². The van der Waals surface area contributed by atoms with Crippen molar-refractivity contribution in [2.24, 2.45) is 5.73 Å². The number of nitrogens with one attached hydrogen (secondary N) is 1. The van der Waals surface area contributed by atoms with E-state index in [0.29, 0.717) is 12.0 Å². The molecule has 0 aliphatic rings. The van der Waals surface area contributed by atoms with Crippen molar-refractivity contribution in [3.63, 3.8) is 0 Å². The summed E-state index contributed by atoms with van der Waals surface area (Å²) in [7, 11) is -3.44. The van der Waals surface area contributed by atoms with Crippen LogP contribution in [0.1, 0.15) is 30.9 Å². The molecule has 100 valence electrons. The fourth-order valence-electron chi connectivity index (χ4n) is 1.32. The molecule has 1 rings (SSSR count). The maximum Gasteiger partial charge on any atom is 0.267 e. The first-order valence-corrected chi connectivity index (χ1v) is 7.33. The van der Waals surface area contributed by atoms with Gasteiger partial charge in [0.1, 0.15) is 5.84 Å². The lowest BCUT2D eigenvalue weighted by Gasteiger charge is -2.05. The molecule has 0 heterocycles. The lowest BCUT2D eigenvalue weighted by molar-refractivity contribution is 0.307. The summed E-state index contributed by atoms with van der Waals surface area (Å²) >= 11 is 0. The van der Waals surface area contributed by atoms with Gasteiger partial charge in [0, 0.05) is 5.56 Å². The van der Waals surface area contributed by atoms with Crippen LogP contribution < -0.4 is 5.73 Å². The highest BCUT2D eigenvalue weighted by atomic mass is 32.2. The molecule has 0 saturated heterocycles. The number of nitrogen functional groups attached to an aromatic ring is 1. The monoisotopic (exact) mass is 270 g/mol. The van der Waals surface area contributed by atoms with Gasteiger partial charge in [-0.25, -0.2) is 0 Å². The highest BCUT2D eigenvalue weighted by Gasteiger charge is 2.10.